The van der Waals surface area contributed by atoms with Gasteiger partial charge < -0.3 is 30.0 Å². The van der Waals surface area contributed by atoms with Gasteiger partial charge in [-0.1, -0.05) is 50.6 Å². The molecule has 2 amide bonds. The summed E-state index contributed by atoms with van der Waals surface area (Å²) < 4.78 is 35.1. The summed E-state index contributed by atoms with van der Waals surface area (Å²) in [5.41, 5.74) is -5.48. The lowest BCUT2D eigenvalue weighted by Crippen LogP contribution is -2.76. The molecule has 0 aromatic heterocycles. The van der Waals surface area contributed by atoms with Gasteiger partial charge in [0.15, 0.2) is 18.1 Å². The van der Waals surface area contributed by atoms with E-state index in [9.17, 15) is 29.1 Å². The Morgan fingerprint density at radius 2 is 1.81 bits per heavy atom. The molecule has 3 N–H and O–H groups in total. The summed E-state index contributed by atoms with van der Waals surface area (Å²) in [6.07, 6.45) is 4.81. The predicted molar refractivity (Wildman–Crippen MR) is 196 cm³/mol. The van der Waals surface area contributed by atoms with E-state index in [0.717, 1.165) is 0 Å². The van der Waals surface area contributed by atoms with Crippen molar-refractivity contribution in [2.75, 3.05) is 18.5 Å². The fourth-order valence-corrected chi connectivity index (χ4v) is 10.9. The minimum atomic E-state index is -2.02. The van der Waals surface area contributed by atoms with E-state index in [-0.39, 0.29) is 36.6 Å². The highest BCUT2D eigenvalue weighted by molar-refractivity contribution is 6.01. The summed E-state index contributed by atoms with van der Waals surface area (Å²) in [4.78, 5) is 66.5. The van der Waals surface area contributed by atoms with E-state index in [0.29, 0.717) is 48.9 Å². The number of ketones is 2. The van der Waals surface area contributed by atoms with Gasteiger partial charge in [-0.05, 0) is 108 Å². The van der Waals surface area contributed by atoms with Crippen LogP contribution in [0.15, 0.2) is 48.1 Å². The fourth-order valence-electron chi connectivity index (χ4n) is 10.9. The van der Waals surface area contributed by atoms with Gasteiger partial charge in [-0.15, -0.1) is 0 Å². The van der Waals surface area contributed by atoms with E-state index in [2.05, 4.69) is 10.6 Å². The molecule has 1 aromatic rings. The topological polar surface area (TPSA) is 157 Å². The summed E-state index contributed by atoms with van der Waals surface area (Å²) in [6, 6.07) is 6.01. The van der Waals surface area contributed by atoms with Gasteiger partial charge in [-0.25, -0.2) is 9.18 Å². The molecule has 1 spiro atoms. The number of ether oxygens (including phenoxy) is 3. The Bertz CT molecular complexity index is 1850. The molecule has 11 nitrogen and oxygen atoms in total. The Morgan fingerprint density at radius 3 is 2.44 bits per heavy atom. The Balaban J connectivity index is 1.06. The SMILES string of the molecule is CC(C)[C@H](NC(=O)OC(C)(C)C)C(=O)Nc1ccccc1C1(C(=O)OCC(=O)[C@]23OC[C@@]24C[C@H](O)[C@@]2(F)[C@@H](CCC5=CC(=O)C=C[C@]52C)[C@@H]4C[C@H]3C)CC1. The number of benzene rings is 1. The number of esters is 1. The number of carbonyl (C=O) groups excluding carboxylic acids is 5. The molecule has 1 heterocycles. The van der Waals surface area contributed by atoms with E-state index in [1.807, 2.05) is 6.92 Å². The van der Waals surface area contributed by atoms with Gasteiger partial charge in [0.2, 0.25) is 11.7 Å². The van der Waals surface area contributed by atoms with E-state index in [1.54, 1.807) is 71.9 Å². The number of amides is 2. The highest BCUT2D eigenvalue weighted by atomic mass is 19.1. The minimum Gasteiger partial charge on any atom is -0.457 e. The molecule has 1 aliphatic heterocycles. The maximum Gasteiger partial charge on any atom is 0.408 e. The minimum absolute atomic E-state index is 0.0243. The second-order valence-electron chi connectivity index (χ2n) is 18.1. The van der Waals surface area contributed by atoms with E-state index in [1.165, 1.54) is 12.2 Å². The van der Waals surface area contributed by atoms with Crippen LogP contribution < -0.4 is 10.6 Å². The van der Waals surface area contributed by atoms with Crippen LogP contribution in [0.5, 0.6) is 0 Å². The zero-order valence-electron chi connectivity index (χ0n) is 32.3. The number of hydrogen-bond acceptors (Lipinski definition) is 9. The Hall–Kier alpha value is -3.90. The predicted octanol–water partition coefficient (Wildman–Crippen LogP) is 5.68. The lowest BCUT2D eigenvalue weighted by atomic mass is 9.43. The first kappa shape index (κ1) is 38.4. The molecule has 292 valence electrons. The van der Waals surface area contributed by atoms with Crippen molar-refractivity contribution >= 4 is 35.2 Å². The molecule has 12 heteroatoms. The number of carbonyl (C=O) groups is 5. The van der Waals surface area contributed by atoms with Crippen LogP contribution in [-0.4, -0.2) is 76.9 Å². The first-order valence-electron chi connectivity index (χ1n) is 19.3. The number of aliphatic hydroxyl groups excluding tert-OH is 1. The van der Waals surface area contributed by atoms with Gasteiger partial charge in [-0.2, -0.15) is 0 Å². The average molecular weight is 749 g/mol. The molecule has 1 saturated heterocycles. The third-order valence-electron chi connectivity index (χ3n) is 13.7. The molecule has 0 unspecified atom stereocenters. The Morgan fingerprint density at radius 1 is 1.11 bits per heavy atom. The molecule has 5 fully saturated rings. The van der Waals surface area contributed by atoms with Crippen molar-refractivity contribution in [2.45, 2.75) is 121 Å². The number of halogens is 1. The van der Waals surface area contributed by atoms with Gasteiger partial charge in [-0.3, -0.25) is 19.2 Å². The second kappa shape index (κ2) is 12.8. The number of allylic oxidation sites excluding steroid dienone is 4. The normalized spacial score (nSPS) is 36.3. The van der Waals surface area contributed by atoms with E-state index in [4.69, 9.17) is 14.2 Å². The molecule has 9 atom stereocenters. The van der Waals surface area contributed by atoms with Crippen molar-refractivity contribution in [3.8, 4) is 0 Å². The first-order valence-corrected chi connectivity index (χ1v) is 19.3. The number of fused-ring (bicyclic) bond motifs is 4. The van der Waals surface area contributed by atoms with E-state index >= 15 is 4.39 Å². The number of aliphatic hydroxyl groups is 1. The Labute approximate surface area is 315 Å². The quantitative estimate of drug-likeness (QED) is 0.270. The highest BCUT2D eigenvalue weighted by Crippen LogP contribution is 2.74. The molecule has 4 saturated carbocycles. The molecule has 1 aromatic carbocycles. The third kappa shape index (κ3) is 5.51. The van der Waals surface area contributed by atoms with Crippen LogP contribution in [0.4, 0.5) is 14.9 Å². The number of Topliss-reactive ketones (excluding diaryl/α,β-unsaturated/α-hetero) is 1. The molecule has 7 rings (SSSR count). The molecular weight excluding hydrogens is 695 g/mol. The molecular formula is C42H53FN2O9. The van der Waals surface area contributed by atoms with Crippen LogP contribution in [0, 0.1) is 34.5 Å². The summed E-state index contributed by atoms with van der Waals surface area (Å²) >= 11 is 0. The van der Waals surface area contributed by atoms with Gasteiger partial charge in [0.1, 0.15) is 17.2 Å². The number of nitrogens with one attached hydrogen (secondary N) is 2. The number of alkyl halides is 1. The van der Waals surface area contributed by atoms with Crippen molar-refractivity contribution in [1.29, 1.82) is 0 Å². The Kier molecular flexibility index (Phi) is 9.12. The van der Waals surface area contributed by atoms with Crippen molar-refractivity contribution < 1.29 is 47.7 Å². The highest BCUT2D eigenvalue weighted by Gasteiger charge is 2.81. The summed E-state index contributed by atoms with van der Waals surface area (Å²) in [5, 5.41) is 17.3. The van der Waals surface area contributed by atoms with Crippen molar-refractivity contribution in [3.63, 3.8) is 0 Å². The largest absolute Gasteiger partial charge is 0.457 e. The number of para-hydroxylation sites is 1. The first-order chi connectivity index (χ1) is 25.3. The second-order valence-corrected chi connectivity index (χ2v) is 18.1. The summed E-state index contributed by atoms with van der Waals surface area (Å²) in [5.74, 6) is -3.03. The maximum atomic E-state index is 17.6. The number of anilines is 1. The van der Waals surface area contributed by atoms with Crippen LogP contribution in [0.2, 0.25) is 0 Å². The van der Waals surface area contributed by atoms with Gasteiger partial charge >= 0.3 is 12.1 Å². The average Bonchev–Trinajstić information content (AvgIpc) is 3.87. The molecule has 54 heavy (non-hydrogen) atoms. The van der Waals surface area contributed by atoms with E-state index < -0.39 is 81.5 Å². The van der Waals surface area contributed by atoms with Crippen LogP contribution in [0.3, 0.4) is 0 Å². The van der Waals surface area contributed by atoms with Crippen molar-refractivity contribution in [3.05, 3.63) is 53.6 Å². The van der Waals surface area contributed by atoms with Crippen LogP contribution in [0.25, 0.3) is 0 Å². The maximum absolute atomic E-state index is 17.6. The smallest absolute Gasteiger partial charge is 0.408 e. The zero-order valence-corrected chi connectivity index (χ0v) is 32.3. The van der Waals surface area contributed by atoms with Gasteiger partial charge in [0.05, 0.1) is 18.1 Å². The monoisotopic (exact) mass is 748 g/mol. The van der Waals surface area contributed by atoms with Crippen LogP contribution in [0.1, 0.15) is 92.6 Å². The lowest BCUT2D eigenvalue weighted by Gasteiger charge is -2.67. The van der Waals surface area contributed by atoms with Crippen LogP contribution in [-0.2, 0) is 38.8 Å². The standard InChI is InChI=1S/C42H53FN2O9/c1-23(2)33(45-36(51)54-37(4,5)6)34(49)44-30-11-9-8-10-28(30)39(16-17-39)35(50)52-21-32(48)42-24(3)18-29-27-13-12-25-19-26(46)14-15-38(25,7)41(27,43)31(47)20-40(29,42)22-53-42/h8-11,14-15,19,23-24,27,29,31,33,47H,12-13,16-18,20-22H2,1-7H3,(H,44,49)(H,45,51)/t24-,27+,29+,31+,33+,38-,40-,41+,42+/m1/s1. The summed E-state index contributed by atoms with van der Waals surface area (Å²) in [7, 11) is 0. The molecule has 0 radical (unpaired) electrons. The summed E-state index contributed by atoms with van der Waals surface area (Å²) in [6.45, 7) is 12.1. The number of alkyl carbamates (subject to hydrolysis) is 1. The molecule has 6 aliphatic rings. The number of hydrogen-bond donors (Lipinski definition) is 3. The third-order valence-corrected chi connectivity index (χ3v) is 13.7. The molecule has 0 bridgehead atoms. The fraction of sp³-hybridized carbons (Fsp3) is 0.643. The van der Waals surface area contributed by atoms with Gasteiger partial charge in [0, 0.05) is 22.4 Å². The van der Waals surface area contributed by atoms with Crippen LogP contribution >= 0.6 is 0 Å². The zero-order chi connectivity index (χ0) is 39.2. The number of rotatable bonds is 9. The molecule has 5 aliphatic carbocycles. The van der Waals surface area contributed by atoms with Gasteiger partial charge in [0.25, 0.3) is 0 Å². The van der Waals surface area contributed by atoms with Crippen molar-refractivity contribution in [2.24, 2.45) is 34.5 Å². The van der Waals surface area contributed by atoms with Crippen molar-refractivity contribution in [1.82, 2.24) is 5.32 Å². The lowest BCUT2D eigenvalue weighted by molar-refractivity contribution is -0.310.